The van der Waals surface area contributed by atoms with Gasteiger partial charge in [0.15, 0.2) is 0 Å². The largest absolute Gasteiger partial charge is 1.00 e. The van der Waals surface area contributed by atoms with Crippen LogP contribution in [0.15, 0.2) is 0 Å². The molecule has 1 atom stereocenters. The van der Waals surface area contributed by atoms with E-state index in [0.717, 1.165) is 0 Å². The fourth-order valence-electron chi connectivity index (χ4n) is 0. The molecule has 0 heterocycles. The van der Waals surface area contributed by atoms with Gasteiger partial charge in [-0.3, -0.25) is 0 Å². The summed E-state index contributed by atoms with van der Waals surface area (Å²) in [6.45, 7) is 0. The minimum Gasteiger partial charge on any atom is -0.750 e. The molecule has 0 aliphatic rings. The molecule has 0 saturated carbocycles. The average molecular weight is 120 g/mol. The molecule has 5 heteroatoms. The Labute approximate surface area is 61.5 Å². The van der Waals surface area contributed by atoms with E-state index in [9.17, 15) is 0 Å². The van der Waals surface area contributed by atoms with Crippen LogP contribution in [-0.2, 0) is 11.4 Å². The van der Waals surface area contributed by atoms with Crippen LogP contribution >= 0.6 is 0 Å². The van der Waals surface area contributed by atoms with E-state index in [4.69, 9.17) is 13.3 Å². The van der Waals surface area contributed by atoms with Crippen molar-refractivity contribution in [2.75, 3.05) is 0 Å². The van der Waals surface area contributed by atoms with Gasteiger partial charge in [-0.05, 0) is 0 Å². The molecule has 0 aromatic carbocycles. The quantitative estimate of drug-likeness (QED) is 0.273. The van der Waals surface area contributed by atoms with Crippen LogP contribution in [0, 0.1) is 0 Å². The van der Waals surface area contributed by atoms with Crippen LogP contribution in [-0.4, -0.2) is 13.3 Å². The van der Waals surface area contributed by atoms with Crippen LogP contribution in [0.4, 0.5) is 0 Å². The Hall–Kier alpha value is 1.07. The second-order valence-electron chi connectivity index (χ2n) is 0.217. The van der Waals surface area contributed by atoms with Gasteiger partial charge in [0.2, 0.25) is 0 Å². The molecule has 0 aliphatic carbocycles. The van der Waals surface area contributed by atoms with Crippen molar-refractivity contribution >= 4 is 11.4 Å². The first kappa shape index (κ1) is 15.7. The summed E-state index contributed by atoms with van der Waals surface area (Å²) in [5.41, 5.74) is 0. The fraction of sp³-hybridized carbons (Fsp3) is 1.00. The Bertz CT molecular complexity index is 33.8. The van der Waals surface area contributed by atoms with Crippen molar-refractivity contribution in [3.63, 3.8) is 0 Å². The standard InChI is InChI=1S/CH4.Na.H2O3S/c;;1-4(2)3/h1H4;;(H2,1,2,3)/q;+1;/p-1. The van der Waals surface area contributed by atoms with E-state index in [-0.39, 0.29) is 37.0 Å². The Morgan fingerprint density at radius 1 is 1.67 bits per heavy atom. The third-order valence-corrected chi connectivity index (χ3v) is 0. The van der Waals surface area contributed by atoms with E-state index in [2.05, 4.69) is 0 Å². The van der Waals surface area contributed by atoms with Crippen LogP contribution in [0.3, 0.4) is 0 Å². The summed E-state index contributed by atoms with van der Waals surface area (Å²) >= 11 is -2.86. The molecule has 0 fully saturated rings. The topological polar surface area (TPSA) is 60.4 Å². The number of rotatable bonds is 0. The van der Waals surface area contributed by atoms with E-state index < -0.39 is 11.4 Å². The van der Waals surface area contributed by atoms with Gasteiger partial charge in [-0.1, -0.05) is 7.43 Å². The fourth-order valence-corrected chi connectivity index (χ4v) is 0. The summed E-state index contributed by atoms with van der Waals surface area (Å²) in [5.74, 6) is 0. The van der Waals surface area contributed by atoms with Crippen molar-refractivity contribution in [1.82, 2.24) is 0 Å². The zero-order valence-electron chi connectivity index (χ0n) is 2.67. The summed E-state index contributed by atoms with van der Waals surface area (Å²) in [6.07, 6.45) is 0. The third kappa shape index (κ3) is 73.4. The Morgan fingerprint density at radius 3 is 1.67 bits per heavy atom. The first-order valence-corrected chi connectivity index (χ1v) is 1.55. The van der Waals surface area contributed by atoms with Crippen molar-refractivity contribution in [2.24, 2.45) is 0 Å². The van der Waals surface area contributed by atoms with E-state index in [1.807, 2.05) is 0 Å². The third-order valence-electron chi connectivity index (χ3n) is 0. The summed E-state index contributed by atoms with van der Waals surface area (Å²) in [5, 5.41) is 0. The Kier molecular flexibility index (Phi) is 24.7. The zero-order chi connectivity index (χ0) is 3.58. The van der Waals surface area contributed by atoms with Gasteiger partial charge in [0.25, 0.3) is 0 Å². The van der Waals surface area contributed by atoms with Crippen LogP contribution in [0.2, 0.25) is 0 Å². The molecule has 0 aliphatic heterocycles. The monoisotopic (exact) mass is 120 g/mol. The molecular formula is CH5NaO3S. The molecule has 3 nitrogen and oxygen atoms in total. The molecule has 0 radical (unpaired) electrons. The van der Waals surface area contributed by atoms with E-state index in [0.29, 0.717) is 0 Å². The van der Waals surface area contributed by atoms with Gasteiger partial charge in [-0.25, -0.2) is 4.21 Å². The molecule has 0 aromatic rings. The maximum atomic E-state index is 8.56. The van der Waals surface area contributed by atoms with Gasteiger partial charge in [-0.15, -0.1) is 0 Å². The SMILES string of the molecule is C.O=S([O-])O.[Na+]. The molecule has 0 bridgehead atoms. The summed E-state index contributed by atoms with van der Waals surface area (Å²) < 4.78 is 24.1. The van der Waals surface area contributed by atoms with Gasteiger partial charge >= 0.3 is 29.6 Å². The molecule has 6 heavy (non-hydrogen) atoms. The molecule has 34 valence electrons. The van der Waals surface area contributed by atoms with E-state index >= 15 is 0 Å². The van der Waals surface area contributed by atoms with Crippen molar-refractivity contribution in [1.29, 1.82) is 0 Å². The second kappa shape index (κ2) is 9.42. The normalized spacial score (nSPS) is 10.3. The first-order valence-electron chi connectivity index (χ1n) is 0.516. The minimum absolute atomic E-state index is 0. The maximum absolute atomic E-state index is 8.56. The predicted octanol–water partition coefficient (Wildman–Crippen LogP) is -3.02. The van der Waals surface area contributed by atoms with Crippen molar-refractivity contribution in [2.45, 2.75) is 7.43 Å². The molecule has 1 unspecified atom stereocenters. The van der Waals surface area contributed by atoms with Crippen LogP contribution in [0.1, 0.15) is 7.43 Å². The molecule has 0 spiro atoms. The molecule has 0 aromatic heterocycles. The zero-order valence-corrected chi connectivity index (χ0v) is 5.49. The van der Waals surface area contributed by atoms with Gasteiger partial charge < -0.3 is 9.11 Å². The van der Waals surface area contributed by atoms with Gasteiger partial charge in [-0.2, -0.15) is 0 Å². The number of hydrogen-bond acceptors (Lipinski definition) is 2. The van der Waals surface area contributed by atoms with Crippen LogP contribution < -0.4 is 29.6 Å². The molecule has 0 rings (SSSR count). The van der Waals surface area contributed by atoms with E-state index in [1.165, 1.54) is 0 Å². The van der Waals surface area contributed by atoms with Crippen LogP contribution in [0.5, 0.6) is 0 Å². The van der Waals surface area contributed by atoms with Crippen LogP contribution in [0.25, 0.3) is 0 Å². The molecule has 0 amide bonds. The molecule has 1 N–H and O–H groups in total. The van der Waals surface area contributed by atoms with Crippen molar-refractivity contribution in [3.8, 4) is 0 Å². The second-order valence-corrected chi connectivity index (χ2v) is 0.651. The average Bonchev–Trinajstić information content (AvgIpc) is 0.811. The maximum Gasteiger partial charge on any atom is 1.00 e. The summed E-state index contributed by atoms with van der Waals surface area (Å²) in [7, 11) is 0. The predicted molar refractivity (Wildman–Crippen MR) is 18.3 cm³/mol. The summed E-state index contributed by atoms with van der Waals surface area (Å²) in [4.78, 5) is 0. The van der Waals surface area contributed by atoms with Gasteiger partial charge in [0.1, 0.15) is 0 Å². The van der Waals surface area contributed by atoms with Gasteiger partial charge in [0.05, 0.1) is 11.4 Å². The smallest absolute Gasteiger partial charge is 0.750 e. The summed E-state index contributed by atoms with van der Waals surface area (Å²) in [6, 6.07) is 0. The van der Waals surface area contributed by atoms with Gasteiger partial charge in [0, 0.05) is 0 Å². The number of hydrogen-bond donors (Lipinski definition) is 1. The minimum atomic E-state index is -2.86. The van der Waals surface area contributed by atoms with Crippen molar-refractivity contribution < 1.29 is 42.9 Å². The Morgan fingerprint density at radius 2 is 1.67 bits per heavy atom. The van der Waals surface area contributed by atoms with Crippen molar-refractivity contribution in [3.05, 3.63) is 0 Å². The first-order chi connectivity index (χ1) is 1.73. The molecule has 0 saturated heterocycles. The molecular weight excluding hydrogens is 115 g/mol. The Balaban J connectivity index is -0.0000000450. The van der Waals surface area contributed by atoms with E-state index in [1.54, 1.807) is 0 Å².